The molecule has 0 fully saturated rings. The van der Waals surface area contributed by atoms with Crippen LogP contribution in [0.3, 0.4) is 0 Å². The lowest BCUT2D eigenvalue weighted by molar-refractivity contribution is -0.121. The van der Waals surface area contributed by atoms with E-state index < -0.39 is 5.54 Å². The van der Waals surface area contributed by atoms with Gasteiger partial charge >= 0.3 is 0 Å². The standard InChI is InChI=1S/C16H27N3O/c1-6-19(7-2)12-13-10-8-9-11-14(13)18-15(20)16(3,4)17-5/h8-11,17H,6-7,12H2,1-5H3,(H,18,20). The zero-order valence-electron chi connectivity index (χ0n) is 13.3. The van der Waals surface area contributed by atoms with Gasteiger partial charge in [-0.2, -0.15) is 0 Å². The molecule has 2 N–H and O–H groups in total. The first-order valence-electron chi connectivity index (χ1n) is 7.25. The molecule has 1 rings (SSSR count). The molecule has 0 aliphatic rings. The van der Waals surface area contributed by atoms with E-state index in [0.717, 1.165) is 30.9 Å². The summed E-state index contributed by atoms with van der Waals surface area (Å²) in [5.74, 6) is -0.0213. The highest BCUT2D eigenvalue weighted by molar-refractivity contribution is 5.98. The molecule has 112 valence electrons. The average Bonchev–Trinajstić information content (AvgIpc) is 2.46. The van der Waals surface area contributed by atoms with Gasteiger partial charge in [0, 0.05) is 12.2 Å². The van der Waals surface area contributed by atoms with E-state index in [1.807, 2.05) is 32.0 Å². The first-order valence-corrected chi connectivity index (χ1v) is 7.25. The maximum Gasteiger partial charge on any atom is 0.244 e. The van der Waals surface area contributed by atoms with Gasteiger partial charge < -0.3 is 10.6 Å². The Bertz CT molecular complexity index is 439. The van der Waals surface area contributed by atoms with Crippen LogP contribution in [-0.2, 0) is 11.3 Å². The molecule has 0 aliphatic carbocycles. The Morgan fingerprint density at radius 1 is 1.20 bits per heavy atom. The van der Waals surface area contributed by atoms with Gasteiger partial charge in [-0.1, -0.05) is 32.0 Å². The number of carbonyl (C=O) groups excluding carboxylic acids is 1. The molecule has 1 aromatic rings. The zero-order chi connectivity index (χ0) is 15.2. The van der Waals surface area contributed by atoms with Crippen molar-refractivity contribution in [2.75, 3.05) is 25.5 Å². The molecule has 0 aromatic heterocycles. The van der Waals surface area contributed by atoms with E-state index in [2.05, 4.69) is 35.4 Å². The molecule has 0 saturated heterocycles. The van der Waals surface area contributed by atoms with Crippen molar-refractivity contribution in [3.63, 3.8) is 0 Å². The Hall–Kier alpha value is -1.39. The fraction of sp³-hybridized carbons (Fsp3) is 0.562. The second-order valence-electron chi connectivity index (χ2n) is 5.45. The van der Waals surface area contributed by atoms with Gasteiger partial charge in [0.25, 0.3) is 0 Å². The van der Waals surface area contributed by atoms with Gasteiger partial charge in [-0.15, -0.1) is 0 Å². The number of para-hydroxylation sites is 1. The van der Waals surface area contributed by atoms with Crippen molar-refractivity contribution in [2.45, 2.75) is 39.8 Å². The summed E-state index contributed by atoms with van der Waals surface area (Å²) < 4.78 is 0. The number of benzene rings is 1. The van der Waals surface area contributed by atoms with Gasteiger partial charge in [0.2, 0.25) is 5.91 Å². The van der Waals surface area contributed by atoms with Crippen LogP contribution in [0.5, 0.6) is 0 Å². The first-order chi connectivity index (χ1) is 9.44. The normalized spacial score (nSPS) is 11.7. The Morgan fingerprint density at radius 3 is 2.35 bits per heavy atom. The minimum Gasteiger partial charge on any atom is -0.324 e. The second kappa shape index (κ2) is 7.41. The molecule has 0 atom stereocenters. The number of amides is 1. The van der Waals surface area contributed by atoms with Crippen LogP contribution in [0, 0.1) is 0 Å². The molecule has 0 saturated carbocycles. The van der Waals surface area contributed by atoms with E-state index in [-0.39, 0.29) is 5.91 Å². The van der Waals surface area contributed by atoms with Crippen LogP contribution in [-0.4, -0.2) is 36.5 Å². The number of likely N-dealkylation sites (N-methyl/N-ethyl adjacent to an activating group) is 1. The molecular weight excluding hydrogens is 250 g/mol. The molecule has 0 radical (unpaired) electrons. The molecule has 1 amide bonds. The van der Waals surface area contributed by atoms with Crippen molar-refractivity contribution in [1.82, 2.24) is 10.2 Å². The summed E-state index contributed by atoms with van der Waals surface area (Å²) in [4.78, 5) is 14.6. The van der Waals surface area contributed by atoms with Gasteiger partial charge in [0.05, 0.1) is 5.54 Å². The molecule has 0 bridgehead atoms. The van der Waals surface area contributed by atoms with Crippen LogP contribution in [0.25, 0.3) is 0 Å². The third kappa shape index (κ3) is 4.32. The third-order valence-electron chi connectivity index (χ3n) is 3.75. The predicted molar refractivity (Wildman–Crippen MR) is 84.8 cm³/mol. The highest BCUT2D eigenvalue weighted by Gasteiger charge is 2.25. The maximum absolute atomic E-state index is 12.3. The lowest BCUT2D eigenvalue weighted by atomic mass is 10.0. The molecule has 0 heterocycles. The molecule has 20 heavy (non-hydrogen) atoms. The van der Waals surface area contributed by atoms with Crippen molar-refractivity contribution in [1.29, 1.82) is 0 Å². The minimum absolute atomic E-state index is 0.0213. The largest absolute Gasteiger partial charge is 0.324 e. The first kappa shape index (κ1) is 16.7. The third-order valence-corrected chi connectivity index (χ3v) is 3.75. The number of rotatable bonds is 7. The SMILES string of the molecule is CCN(CC)Cc1ccccc1NC(=O)C(C)(C)NC. The number of hydrogen-bond acceptors (Lipinski definition) is 3. The van der Waals surface area contributed by atoms with E-state index in [1.54, 1.807) is 7.05 Å². The van der Waals surface area contributed by atoms with Gasteiger partial charge in [-0.05, 0) is 45.6 Å². The summed E-state index contributed by atoms with van der Waals surface area (Å²) in [6, 6.07) is 7.99. The van der Waals surface area contributed by atoms with E-state index in [9.17, 15) is 4.79 Å². The van der Waals surface area contributed by atoms with Crippen molar-refractivity contribution >= 4 is 11.6 Å². The van der Waals surface area contributed by atoms with Crippen LogP contribution in [0.1, 0.15) is 33.3 Å². The number of carbonyl (C=O) groups is 1. The van der Waals surface area contributed by atoms with E-state index in [1.165, 1.54) is 0 Å². The Morgan fingerprint density at radius 2 is 1.80 bits per heavy atom. The summed E-state index contributed by atoms with van der Waals surface area (Å²) in [6.07, 6.45) is 0. The maximum atomic E-state index is 12.3. The van der Waals surface area contributed by atoms with Crippen molar-refractivity contribution in [3.8, 4) is 0 Å². The molecule has 1 aromatic carbocycles. The van der Waals surface area contributed by atoms with Gasteiger partial charge in [0.15, 0.2) is 0 Å². The summed E-state index contributed by atoms with van der Waals surface area (Å²) >= 11 is 0. The van der Waals surface area contributed by atoms with Crippen LogP contribution >= 0.6 is 0 Å². The number of nitrogens with one attached hydrogen (secondary N) is 2. The van der Waals surface area contributed by atoms with Crippen LogP contribution in [0.15, 0.2) is 24.3 Å². The minimum atomic E-state index is -0.581. The van der Waals surface area contributed by atoms with Gasteiger partial charge in [-0.3, -0.25) is 9.69 Å². The summed E-state index contributed by atoms with van der Waals surface area (Å²) in [6.45, 7) is 10.9. The summed E-state index contributed by atoms with van der Waals surface area (Å²) in [7, 11) is 1.79. The Balaban J connectivity index is 2.88. The second-order valence-corrected chi connectivity index (χ2v) is 5.45. The summed E-state index contributed by atoms with van der Waals surface area (Å²) in [5.41, 5.74) is 1.46. The fourth-order valence-corrected chi connectivity index (χ4v) is 1.86. The van der Waals surface area contributed by atoms with Gasteiger partial charge in [-0.25, -0.2) is 0 Å². The number of anilines is 1. The Labute approximate surface area is 122 Å². The van der Waals surface area contributed by atoms with Crippen molar-refractivity contribution < 1.29 is 4.79 Å². The number of hydrogen-bond donors (Lipinski definition) is 2. The molecule has 4 heteroatoms. The fourth-order valence-electron chi connectivity index (χ4n) is 1.86. The topological polar surface area (TPSA) is 44.4 Å². The molecule has 0 spiro atoms. The molecule has 0 aliphatic heterocycles. The lowest BCUT2D eigenvalue weighted by Crippen LogP contribution is -2.48. The average molecular weight is 277 g/mol. The molecule has 0 unspecified atom stereocenters. The number of nitrogens with zero attached hydrogens (tertiary/aromatic N) is 1. The quantitative estimate of drug-likeness (QED) is 0.804. The van der Waals surface area contributed by atoms with E-state index in [4.69, 9.17) is 0 Å². The van der Waals surface area contributed by atoms with Crippen molar-refractivity contribution in [3.05, 3.63) is 29.8 Å². The predicted octanol–water partition coefficient (Wildman–Crippen LogP) is 2.46. The zero-order valence-corrected chi connectivity index (χ0v) is 13.3. The van der Waals surface area contributed by atoms with E-state index >= 15 is 0 Å². The van der Waals surface area contributed by atoms with E-state index in [0.29, 0.717) is 0 Å². The highest BCUT2D eigenvalue weighted by atomic mass is 16.2. The smallest absolute Gasteiger partial charge is 0.244 e. The lowest BCUT2D eigenvalue weighted by Gasteiger charge is -2.25. The highest BCUT2D eigenvalue weighted by Crippen LogP contribution is 2.18. The van der Waals surface area contributed by atoms with Crippen LogP contribution in [0.2, 0.25) is 0 Å². The molecular formula is C16H27N3O. The van der Waals surface area contributed by atoms with Crippen LogP contribution in [0.4, 0.5) is 5.69 Å². The monoisotopic (exact) mass is 277 g/mol. The van der Waals surface area contributed by atoms with Crippen LogP contribution < -0.4 is 10.6 Å². The van der Waals surface area contributed by atoms with Gasteiger partial charge in [0.1, 0.15) is 0 Å². The Kier molecular flexibility index (Phi) is 6.17. The van der Waals surface area contributed by atoms with Crippen molar-refractivity contribution in [2.24, 2.45) is 0 Å². The summed E-state index contributed by atoms with van der Waals surface area (Å²) in [5, 5.41) is 6.05. The molecule has 4 nitrogen and oxygen atoms in total.